The topological polar surface area (TPSA) is 61.8 Å². The first-order valence-corrected chi connectivity index (χ1v) is 5.42. The lowest BCUT2D eigenvalue weighted by Crippen LogP contribution is -2.10. The Morgan fingerprint density at radius 1 is 1.35 bits per heavy atom. The highest BCUT2D eigenvalue weighted by molar-refractivity contribution is 5.39. The molecule has 0 aliphatic heterocycles. The summed E-state index contributed by atoms with van der Waals surface area (Å²) < 4.78 is 1.77. The maximum absolute atomic E-state index is 9.39. The third-order valence-electron chi connectivity index (χ3n) is 2.47. The zero-order valence-corrected chi connectivity index (χ0v) is 9.54. The van der Waals surface area contributed by atoms with Gasteiger partial charge in [-0.3, -0.25) is 0 Å². The van der Waals surface area contributed by atoms with Gasteiger partial charge < -0.3 is 5.11 Å². The number of nitriles is 1. The molecule has 0 spiro atoms. The van der Waals surface area contributed by atoms with Gasteiger partial charge in [-0.15, -0.1) is 0 Å². The second kappa shape index (κ2) is 4.81. The largest absolute Gasteiger partial charge is 0.393 e. The number of aliphatic hydroxyl groups is 1. The van der Waals surface area contributed by atoms with Gasteiger partial charge in [0.25, 0.3) is 0 Å². The van der Waals surface area contributed by atoms with Crippen molar-refractivity contribution in [3.63, 3.8) is 0 Å². The fraction of sp³-hybridized carbons (Fsp3) is 0.231. The molecule has 1 unspecified atom stereocenters. The minimum Gasteiger partial charge on any atom is -0.393 e. The van der Waals surface area contributed by atoms with E-state index in [2.05, 4.69) is 11.2 Å². The van der Waals surface area contributed by atoms with E-state index in [4.69, 9.17) is 5.26 Å². The van der Waals surface area contributed by atoms with Crippen LogP contribution in [-0.4, -0.2) is 21.0 Å². The third-order valence-corrected chi connectivity index (χ3v) is 2.47. The van der Waals surface area contributed by atoms with Crippen molar-refractivity contribution < 1.29 is 5.11 Å². The molecule has 2 aromatic rings. The van der Waals surface area contributed by atoms with Crippen LogP contribution in [0.1, 0.15) is 18.2 Å². The second-order valence-electron chi connectivity index (χ2n) is 3.95. The van der Waals surface area contributed by atoms with Crippen molar-refractivity contribution in [3.05, 3.63) is 47.8 Å². The number of nitrogens with zero attached hydrogens (tertiary/aromatic N) is 3. The molecule has 1 N–H and O–H groups in total. The van der Waals surface area contributed by atoms with Gasteiger partial charge in [-0.05, 0) is 37.3 Å². The molecule has 4 nitrogen and oxygen atoms in total. The number of aliphatic hydroxyl groups excluding tert-OH is 1. The monoisotopic (exact) mass is 227 g/mol. The number of rotatable bonds is 3. The third kappa shape index (κ3) is 2.52. The van der Waals surface area contributed by atoms with Gasteiger partial charge in [0.15, 0.2) is 0 Å². The van der Waals surface area contributed by atoms with Crippen LogP contribution in [0.25, 0.3) is 5.69 Å². The van der Waals surface area contributed by atoms with Crippen LogP contribution in [0.15, 0.2) is 36.5 Å². The zero-order valence-electron chi connectivity index (χ0n) is 9.54. The highest BCUT2D eigenvalue weighted by Crippen LogP contribution is 2.13. The van der Waals surface area contributed by atoms with Crippen LogP contribution >= 0.6 is 0 Å². The summed E-state index contributed by atoms with van der Waals surface area (Å²) in [5.41, 5.74) is 2.47. The Morgan fingerprint density at radius 2 is 2.06 bits per heavy atom. The highest BCUT2D eigenvalue weighted by Gasteiger charge is 2.07. The molecule has 0 bridgehead atoms. The Balaban J connectivity index is 2.33. The van der Waals surface area contributed by atoms with Gasteiger partial charge in [0.05, 0.1) is 23.4 Å². The Morgan fingerprint density at radius 3 is 2.65 bits per heavy atom. The summed E-state index contributed by atoms with van der Waals surface area (Å²) in [4.78, 5) is 0. The van der Waals surface area contributed by atoms with E-state index in [1.54, 1.807) is 29.9 Å². The Bertz CT molecular complexity index is 535. The quantitative estimate of drug-likeness (QED) is 0.867. The van der Waals surface area contributed by atoms with E-state index in [9.17, 15) is 5.11 Å². The van der Waals surface area contributed by atoms with E-state index in [1.807, 2.05) is 18.2 Å². The fourth-order valence-electron chi connectivity index (χ4n) is 1.70. The van der Waals surface area contributed by atoms with Gasteiger partial charge in [0.2, 0.25) is 0 Å². The minimum atomic E-state index is -0.399. The van der Waals surface area contributed by atoms with Gasteiger partial charge in [-0.2, -0.15) is 10.4 Å². The minimum absolute atomic E-state index is 0.399. The first-order chi connectivity index (χ1) is 8.20. The SMILES string of the molecule is CC(O)Cc1ccnn1-c1ccc(C#N)cc1. The summed E-state index contributed by atoms with van der Waals surface area (Å²) in [6.07, 6.45) is 1.86. The molecule has 4 heteroatoms. The van der Waals surface area contributed by atoms with Gasteiger partial charge in [0, 0.05) is 18.3 Å². The summed E-state index contributed by atoms with van der Waals surface area (Å²) in [6.45, 7) is 1.75. The zero-order chi connectivity index (χ0) is 12.3. The van der Waals surface area contributed by atoms with Gasteiger partial charge >= 0.3 is 0 Å². The van der Waals surface area contributed by atoms with Crippen molar-refractivity contribution in [2.45, 2.75) is 19.4 Å². The standard InChI is InChI=1S/C13H13N3O/c1-10(17)8-13-6-7-15-16(13)12-4-2-11(9-14)3-5-12/h2-7,10,17H,8H2,1H3. The maximum Gasteiger partial charge on any atom is 0.0991 e. The van der Waals surface area contributed by atoms with Gasteiger partial charge in [0.1, 0.15) is 0 Å². The van der Waals surface area contributed by atoms with Gasteiger partial charge in [-0.1, -0.05) is 0 Å². The lowest BCUT2D eigenvalue weighted by molar-refractivity contribution is 0.193. The average Bonchev–Trinajstić information content (AvgIpc) is 2.76. The molecule has 0 radical (unpaired) electrons. The summed E-state index contributed by atoms with van der Waals surface area (Å²) in [6, 6.07) is 11.2. The van der Waals surface area contributed by atoms with Crippen LogP contribution in [0.2, 0.25) is 0 Å². The van der Waals surface area contributed by atoms with Gasteiger partial charge in [-0.25, -0.2) is 4.68 Å². The lowest BCUT2D eigenvalue weighted by Gasteiger charge is -2.08. The Kier molecular flexibility index (Phi) is 3.22. The number of hydrogen-bond acceptors (Lipinski definition) is 3. The average molecular weight is 227 g/mol. The Labute approximate surface area is 99.7 Å². The van der Waals surface area contributed by atoms with Crippen molar-refractivity contribution in [1.29, 1.82) is 5.26 Å². The molecule has 1 aromatic carbocycles. The van der Waals surface area contributed by atoms with Crippen molar-refractivity contribution >= 4 is 0 Å². The molecule has 0 saturated carbocycles. The van der Waals surface area contributed by atoms with Crippen LogP contribution in [0.5, 0.6) is 0 Å². The molecule has 17 heavy (non-hydrogen) atoms. The summed E-state index contributed by atoms with van der Waals surface area (Å²) in [5.74, 6) is 0. The van der Waals surface area contributed by atoms with Crippen LogP contribution in [0.4, 0.5) is 0 Å². The molecule has 2 rings (SSSR count). The first kappa shape index (κ1) is 11.4. The van der Waals surface area contributed by atoms with Crippen molar-refractivity contribution in [2.24, 2.45) is 0 Å². The first-order valence-electron chi connectivity index (χ1n) is 5.42. The molecule has 1 atom stereocenters. The van der Waals surface area contributed by atoms with E-state index >= 15 is 0 Å². The van der Waals surface area contributed by atoms with E-state index in [-0.39, 0.29) is 0 Å². The predicted octanol–water partition coefficient (Wildman–Crippen LogP) is 1.67. The molecule has 0 aliphatic carbocycles. The smallest absolute Gasteiger partial charge is 0.0991 e. The summed E-state index contributed by atoms with van der Waals surface area (Å²) >= 11 is 0. The molecule has 86 valence electrons. The fourth-order valence-corrected chi connectivity index (χ4v) is 1.70. The summed E-state index contributed by atoms with van der Waals surface area (Å²) in [5, 5.41) is 22.3. The highest BCUT2D eigenvalue weighted by atomic mass is 16.3. The molecular weight excluding hydrogens is 214 g/mol. The second-order valence-corrected chi connectivity index (χ2v) is 3.95. The van der Waals surface area contributed by atoms with Crippen LogP contribution < -0.4 is 0 Å². The lowest BCUT2D eigenvalue weighted by atomic mass is 10.2. The molecule has 0 fully saturated rings. The maximum atomic E-state index is 9.39. The molecule has 0 saturated heterocycles. The summed E-state index contributed by atoms with van der Waals surface area (Å²) in [7, 11) is 0. The molecular formula is C13H13N3O. The van der Waals surface area contributed by atoms with Crippen LogP contribution in [0, 0.1) is 11.3 Å². The van der Waals surface area contributed by atoms with Crippen LogP contribution in [-0.2, 0) is 6.42 Å². The Hall–Kier alpha value is -2.12. The molecule has 1 heterocycles. The molecule has 0 amide bonds. The van der Waals surface area contributed by atoms with E-state index in [1.165, 1.54) is 0 Å². The van der Waals surface area contributed by atoms with E-state index < -0.39 is 6.10 Å². The molecule has 1 aromatic heterocycles. The van der Waals surface area contributed by atoms with Crippen molar-refractivity contribution in [2.75, 3.05) is 0 Å². The number of hydrogen-bond donors (Lipinski definition) is 1. The van der Waals surface area contributed by atoms with E-state index in [0.29, 0.717) is 12.0 Å². The predicted molar refractivity (Wildman–Crippen MR) is 63.7 cm³/mol. The number of aromatic nitrogens is 2. The van der Waals surface area contributed by atoms with E-state index in [0.717, 1.165) is 11.4 Å². The molecule has 0 aliphatic rings. The number of benzene rings is 1. The van der Waals surface area contributed by atoms with Crippen molar-refractivity contribution in [3.8, 4) is 11.8 Å². The van der Waals surface area contributed by atoms with Crippen molar-refractivity contribution in [1.82, 2.24) is 9.78 Å². The normalized spacial score (nSPS) is 12.1. The van der Waals surface area contributed by atoms with Crippen LogP contribution in [0.3, 0.4) is 0 Å².